The number of carbonyl (C=O) groups excluding carboxylic acids is 1. The number of methoxy groups -OCH3 is 1. The summed E-state index contributed by atoms with van der Waals surface area (Å²) in [5, 5.41) is 9.65. The van der Waals surface area contributed by atoms with Crippen LogP contribution < -0.4 is 16.0 Å². The number of carbonyl (C=O) groups is 1. The molecule has 0 spiro atoms. The number of benzene rings is 1. The van der Waals surface area contributed by atoms with E-state index in [1.807, 2.05) is 24.4 Å². The van der Waals surface area contributed by atoms with E-state index in [2.05, 4.69) is 56.9 Å². The van der Waals surface area contributed by atoms with E-state index >= 15 is 0 Å². The number of nitrogens with one attached hydrogen (secondary N) is 3. The van der Waals surface area contributed by atoms with Gasteiger partial charge in [0.1, 0.15) is 11.9 Å². The lowest BCUT2D eigenvalue weighted by Gasteiger charge is -2.37. The van der Waals surface area contributed by atoms with Crippen molar-refractivity contribution in [2.45, 2.75) is 32.4 Å². The van der Waals surface area contributed by atoms with Gasteiger partial charge in [0.2, 0.25) is 5.95 Å². The molecule has 1 saturated heterocycles. The number of piperazine rings is 1. The zero-order valence-electron chi connectivity index (χ0n) is 20.6. The average molecular weight is 476 g/mol. The summed E-state index contributed by atoms with van der Waals surface area (Å²) in [5.41, 5.74) is 5.63. The maximum Gasteiger partial charge on any atom is 0.254 e. The summed E-state index contributed by atoms with van der Waals surface area (Å²) in [6, 6.07) is 5.83. The Hall–Kier alpha value is -3.43. The van der Waals surface area contributed by atoms with E-state index in [0.717, 1.165) is 61.5 Å². The van der Waals surface area contributed by atoms with E-state index in [1.54, 1.807) is 7.11 Å². The molecule has 1 unspecified atom stereocenters. The van der Waals surface area contributed by atoms with E-state index < -0.39 is 0 Å². The molecule has 3 N–H and O–H groups in total. The average Bonchev–Trinajstić information content (AvgIpc) is 3.26. The molecule has 1 amide bonds. The number of aromatic nitrogens is 2. The zero-order chi connectivity index (χ0) is 24.4. The second kappa shape index (κ2) is 10.1. The SMILES string of the molecule is CCc1cnc(NC2=CC=C(N3CCN(C)CC3)CC2OC)nc1Nc1cccc2c1C(=O)NC2. The molecule has 35 heavy (non-hydrogen) atoms. The highest BCUT2D eigenvalue weighted by Crippen LogP contribution is 2.29. The van der Waals surface area contributed by atoms with Crippen molar-refractivity contribution < 1.29 is 9.53 Å². The lowest BCUT2D eigenvalue weighted by Crippen LogP contribution is -2.44. The standard InChI is InChI=1S/C26H33N7O2/c1-4-17-15-28-26(31-24(17)29-21-7-5-6-18-16-27-25(34)23(18)21)30-20-9-8-19(14-22(20)35-3)33-12-10-32(2)11-13-33/h5-9,15,22H,4,10-14,16H2,1-3H3,(H,27,34)(H2,28,29,30,31). The number of anilines is 3. The molecule has 0 saturated carbocycles. The third-order valence-electron chi connectivity index (χ3n) is 6.96. The number of hydrogen-bond donors (Lipinski definition) is 3. The van der Waals surface area contributed by atoms with Gasteiger partial charge in [-0.3, -0.25) is 4.79 Å². The first-order chi connectivity index (χ1) is 17.1. The third kappa shape index (κ3) is 4.87. The van der Waals surface area contributed by atoms with Crippen LogP contribution in [0.2, 0.25) is 0 Å². The first-order valence-electron chi connectivity index (χ1n) is 12.2. The minimum atomic E-state index is -0.0957. The van der Waals surface area contributed by atoms with Crippen molar-refractivity contribution >= 4 is 23.4 Å². The predicted molar refractivity (Wildman–Crippen MR) is 137 cm³/mol. The van der Waals surface area contributed by atoms with Crippen molar-refractivity contribution in [3.8, 4) is 0 Å². The van der Waals surface area contributed by atoms with Gasteiger partial charge in [0.15, 0.2) is 0 Å². The van der Waals surface area contributed by atoms with Crippen molar-refractivity contribution in [1.29, 1.82) is 0 Å². The van der Waals surface area contributed by atoms with Crippen LogP contribution in [0.25, 0.3) is 0 Å². The Morgan fingerprint density at radius 2 is 2.00 bits per heavy atom. The van der Waals surface area contributed by atoms with E-state index in [0.29, 0.717) is 23.9 Å². The van der Waals surface area contributed by atoms with Crippen LogP contribution in [-0.4, -0.2) is 72.1 Å². The summed E-state index contributed by atoms with van der Waals surface area (Å²) in [6.45, 7) is 6.83. The molecule has 1 aromatic carbocycles. The van der Waals surface area contributed by atoms with Crippen LogP contribution in [-0.2, 0) is 17.7 Å². The number of fused-ring (bicyclic) bond motifs is 1. The fourth-order valence-corrected chi connectivity index (χ4v) is 4.80. The Balaban J connectivity index is 1.37. The highest BCUT2D eigenvalue weighted by Gasteiger charge is 2.26. The number of rotatable bonds is 7. The molecule has 1 aliphatic carbocycles. The van der Waals surface area contributed by atoms with Crippen LogP contribution in [0.4, 0.5) is 17.5 Å². The number of nitrogens with zero attached hydrogens (tertiary/aromatic N) is 4. The van der Waals surface area contributed by atoms with Gasteiger partial charge in [0.05, 0.1) is 11.3 Å². The second-order valence-corrected chi connectivity index (χ2v) is 9.19. The van der Waals surface area contributed by atoms with Crippen LogP contribution in [0.1, 0.15) is 34.8 Å². The number of hydrogen-bond acceptors (Lipinski definition) is 8. The maximum atomic E-state index is 12.4. The van der Waals surface area contributed by atoms with Gasteiger partial charge in [-0.25, -0.2) is 4.98 Å². The van der Waals surface area contributed by atoms with Crippen molar-refractivity contribution in [1.82, 2.24) is 25.1 Å². The lowest BCUT2D eigenvalue weighted by atomic mass is 10.0. The van der Waals surface area contributed by atoms with Crippen LogP contribution in [0, 0.1) is 0 Å². The van der Waals surface area contributed by atoms with Gasteiger partial charge in [0.25, 0.3) is 5.91 Å². The normalized spacial score (nSPS) is 20.1. The van der Waals surface area contributed by atoms with E-state index in [-0.39, 0.29) is 12.0 Å². The summed E-state index contributed by atoms with van der Waals surface area (Å²) >= 11 is 0. The molecule has 1 fully saturated rings. The molecule has 3 aliphatic rings. The fraction of sp³-hybridized carbons (Fsp3) is 0.423. The minimum absolute atomic E-state index is 0.0632. The molecule has 3 heterocycles. The number of likely N-dealkylation sites (N-methyl/N-ethyl adjacent to an activating group) is 1. The largest absolute Gasteiger partial charge is 0.375 e. The molecule has 9 heteroatoms. The number of aryl methyl sites for hydroxylation is 1. The van der Waals surface area contributed by atoms with Crippen molar-refractivity contribution in [3.05, 3.63) is 64.6 Å². The molecule has 2 aromatic rings. The van der Waals surface area contributed by atoms with E-state index in [1.165, 1.54) is 5.70 Å². The summed E-state index contributed by atoms with van der Waals surface area (Å²) in [7, 11) is 3.90. The van der Waals surface area contributed by atoms with E-state index in [9.17, 15) is 4.79 Å². The molecule has 9 nitrogen and oxygen atoms in total. The van der Waals surface area contributed by atoms with E-state index in [4.69, 9.17) is 9.72 Å². The zero-order valence-corrected chi connectivity index (χ0v) is 20.6. The number of allylic oxidation sites excluding steroid dienone is 2. The quantitative estimate of drug-likeness (QED) is 0.563. The summed E-state index contributed by atoms with van der Waals surface area (Å²) in [6.07, 6.45) is 7.56. The topological polar surface area (TPSA) is 94.7 Å². The van der Waals surface area contributed by atoms with Crippen LogP contribution >= 0.6 is 0 Å². The van der Waals surface area contributed by atoms with Crippen LogP contribution in [0.15, 0.2) is 47.9 Å². The molecule has 0 bridgehead atoms. The Bertz CT molecular complexity index is 1170. The lowest BCUT2D eigenvalue weighted by molar-refractivity contribution is 0.0966. The minimum Gasteiger partial charge on any atom is -0.375 e. The van der Waals surface area contributed by atoms with Gasteiger partial charge in [-0.05, 0) is 37.3 Å². The van der Waals surface area contributed by atoms with Gasteiger partial charge >= 0.3 is 0 Å². The van der Waals surface area contributed by atoms with Gasteiger partial charge in [-0.15, -0.1) is 0 Å². The molecule has 1 aromatic heterocycles. The molecule has 2 aliphatic heterocycles. The second-order valence-electron chi connectivity index (χ2n) is 9.19. The Morgan fingerprint density at radius 1 is 1.17 bits per heavy atom. The van der Waals surface area contributed by atoms with Crippen molar-refractivity contribution in [3.63, 3.8) is 0 Å². The summed E-state index contributed by atoms with van der Waals surface area (Å²) < 4.78 is 5.83. The summed E-state index contributed by atoms with van der Waals surface area (Å²) in [5.74, 6) is 1.12. The fourth-order valence-electron chi connectivity index (χ4n) is 4.80. The number of ether oxygens (including phenoxy) is 1. The smallest absolute Gasteiger partial charge is 0.254 e. The van der Waals surface area contributed by atoms with Crippen molar-refractivity contribution in [2.24, 2.45) is 0 Å². The van der Waals surface area contributed by atoms with Crippen LogP contribution in [0.3, 0.4) is 0 Å². The Labute approximate surface area is 206 Å². The first kappa shape index (κ1) is 23.3. The summed E-state index contributed by atoms with van der Waals surface area (Å²) in [4.78, 5) is 26.5. The highest BCUT2D eigenvalue weighted by atomic mass is 16.5. The highest BCUT2D eigenvalue weighted by molar-refractivity contribution is 6.04. The molecular weight excluding hydrogens is 442 g/mol. The predicted octanol–water partition coefficient (Wildman–Crippen LogP) is 2.87. The first-order valence-corrected chi connectivity index (χ1v) is 12.2. The Morgan fingerprint density at radius 3 is 2.77 bits per heavy atom. The molecule has 184 valence electrons. The molecular formula is C26H33N7O2. The van der Waals surface area contributed by atoms with Gasteiger partial charge in [-0.1, -0.05) is 19.1 Å². The Kier molecular flexibility index (Phi) is 6.70. The van der Waals surface area contributed by atoms with Crippen LogP contribution in [0.5, 0.6) is 0 Å². The maximum absolute atomic E-state index is 12.4. The monoisotopic (exact) mass is 475 g/mol. The molecule has 0 radical (unpaired) electrons. The van der Waals surface area contributed by atoms with Gasteiger partial charge < -0.3 is 30.5 Å². The molecule has 1 atom stereocenters. The third-order valence-corrected chi connectivity index (χ3v) is 6.96. The van der Waals surface area contributed by atoms with Gasteiger partial charge in [-0.2, -0.15) is 4.98 Å². The van der Waals surface area contributed by atoms with Gasteiger partial charge in [0, 0.05) is 69.4 Å². The molecule has 5 rings (SSSR count). The number of amides is 1. The van der Waals surface area contributed by atoms with Crippen molar-refractivity contribution in [2.75, 3.05) is 51.0 Å².